The van der Waals surface area contributed by atoms with Crippen LogP contribution < -0.4 is 10.6 Å². The number of hydrogen-bond acceptors (Lipinski definition) is 1. The molecule has 0 spiro atoms. The molecule has 0 saturated carbocycles. The minimum atomic E-state index is -4.04. The van der Waals surface area contributed by atoms with E-state index >= 15 is 0 Å². The fraction of sp³-hybridized carbons (Fsp3) is 0.857. The van der Waals surface area contributed by atoms with Gasteiger partial charge in [-0.25, -0.2) is 0 Å². The topological polar surface area (TPSA) is 24.1 Å². The van der Waals surface area contributed by atoms with E-state index in [0.717, 1.165) is 0 Å². The van der Waals surface area contributed by atoms with Crippen molar-refractivity contribution in [1.29, 1.82) is 0 Å². The SMILES string of the molecule is CNC(=S)NCCCCC(F)(F)F. The summed E-state index contributed by atoms with van der Waals surface area (Å²) in [5.74, 6) is 0. The summed E-state index contributed by atoms with van der Waals surface area (Å²) in [6.07, 6.45) is -4.14. The molecule has 2 nitrogen and oxygen atoms in total. The monoisotopic (exact) mass is 214 g/mol. The van der Waals surface area contributed by atoms with E-state index < -0.39 is 12.6 Å². The minimum Gasteiger partial charge on any atom is -0.366 e. The van der Waals surface area contributed by atoms with E-state index in [1.54, 1.807) is 7.05 Å². The summed E-state index contributed by atoms with van der Waals surface area (Å²) in [4.78, 5) is 0. The number of halogens is 3. The van der Waals surface area contributed by atoms with E-state index in [9.17, 15) is 13.2 Å². The molecule has 0 unspecified atom stereocenters. The van der Waals surface area contributed by atoms with Crippen LogP contribution in [-0.4, -0.2) is 24.9 Å². The Morgan fingerprint density at radius 1 is 1.31 bits per heavy atom. The van der Waals surface area contributed by atoms with Crippen LogP contribution in [0.1, 0.15) is 19.3 Å². The van der Waals surface area contributed by atoms with Gasteiger partial charge < -0.3 is 10.6 Å². The summed E-state index contributed by atoms with van der Waals surface area (Å²) in [5.41, 5.74) is 0. The first-order valence-electron chi connectivity index (χ1n) is 3.98. The molecule has 0 aromatic carbocycles. The Labute approximate surface area is 80.9 Å². The zero-order valence-corrected chi connectivity index (χ0v) is 8.19. The molecule has 0 rings (SSSR count). The Hall–Kier alpha value is -0.520. The molecule has 78 valence electrons. The second-order valence-corrected chi connectivity index (χ2v) is 2.99. The first-order valence-corrected chi connectivity index (χ1v) is 4.39. The molecule has 0 heterocycles. The molecule has 0 fully saturated rings. The van der Waals surface area contributed by atoms with Crippen molar-refractivity contribution in [2.45, 2.75) is 25.4 Å². The maximum Gasteiger partial charge on any atom is 0.389 e. The molecule has 0 aromatic heterocycles. The van der Waals surface area contributed by atoms with Gasteiger partial charge in [-0.2, -0.15) is 13.2 Å². The van der Waals surface area contributed by atoms with Gasteiger partial charge in [0.05, 0.1) is 0 Å². The molecule has 0 aliphatic rings. The van der Waals surface area contributed by atoms with E-state index in [2.05, 4.69) is 10.6 Å². The summed E-state index contributed by atoms with van der Waals surface area (Å²) in [6, 6.07) is 0. The van der Waals surface area contributed by atoms with Gasteiger partial charge in [0.25, 0.3) is 0 Å². The van der Waals surface area contributed by atoms with Crippen molar-refractivity contribution in [2.24, 2.45) is 0 Å². The molecule has 0 atom stereocenters. The third kappa shape index (κ3) is 9.39. The van der Waals surface area contributed by atoms with Gasteiger partial charge in [0.2, 0.25) is 0 Å². The van der Waals surface area contributed by atoms with Gasteiger partial charge in [-0.15, -0.1) is 0 Å². The van der Waals surface area contributed by atoms with Crippen LogP contribution in [0.5, 0.6) is 0 Å². The highest BCUT2D eigenvalue weighted by Gasteiger charge is 2.25. The quantitative estimate of drug-likeness (QED) is 0.551. The minimum absolute atomic E-state index is 0.142. The molecule has 0 aliphatic carbocycles. The first kappa shape index (κ1) is 12.5. The van der Waals surface area contributed by atoms with Gasteiger partial charge in [0, 0.05) is 20.0 Å². The number of hydrogen-bond donors (Lipinski definition) is 2. The van der Waals surface area contributed by atoms with Crippen molar-refractivity contribution in [2.75, 3.05) is 13.6 Å². The maximum absolute atomic E-state index is 11.6. The van der Waals surface area contributed by atoms with Gasteiger partial charge in [-0.3, -0.25) is 0 Å². The third-order valence-electron chi connectivity index (χ3n) is 1.40. The largest absolute Gasteiger partial charge is 0.389 e. The van der Waals surface area contributed by atoms with Crippen LogP contribution in [-0.2, 0) is 0 Å². The van der Waals surface area contributed by atoms with Crippen molar-refractivity contribution in [1.82, 2.24) is 10.6 Å². The average Bonchev–Trinajstić information content (AvgIpc) is 2.01. The van der Waals surface area contributed by atoms with Crippen LogP contribution in [0.15, 0.2) is 0 Å². The zero-order valence-electron chi connectivity index (χ0n) is 7.37. The van der Waals surface area contributed by atoms with E-state index in [4.69, 9.17) is 12.2 Å². The number of rotatable bonds is 4. The summed E-state index contributed by atoms with van der Waals surface area (Å²) in [7, 11) is 1.66. The van der Waals surface area contributed by atoms with Gasteiger partial charge in [0.1, 0.15) is 0 Å². The number of alkyl halides is 3. The Balaban J connectivity index is 3.22. The summed E-state index contributed by atoms with van der Waals surface area (Å²) >= 11 is 4.73. The standard InChI is InChI=1S/C7H13F3N2S/c1-11-6(13)12-5-3-2-4-7(8,9)10/h2-5H2,1H3,(H2,11,12,13). The Morgan fingerprint density at radius 2 is 1.92 bits per heavy atom. The molecular weight excluding hydrogens is 201 g/mol. The van der Waals surface area contributed by atoms with Crippen LogP contribution in [0.4, 0.5) is 13.2 Å². The molecular formula is C7H13F3N2S. The van der Waals surface area contributed by atoms with Gasteiger partial charge in [-0.05, 0) is 25.1 Å². The second-order valence-electron chi connectivity index (χ2n) is 2.58. The van der Waals surface area contributed by atoms with Crippen LogP contribution in [0, 0.1) is 0 Å². The molecule has 0 aliphatic heterocycles. The van der Waals surface area contributed by atoms with E-state index in [1.807, 2.05) is 0 Å². The Morgan fingerprint density at radius 3 is 2.38 bits per heavy atom. The highest BCUT2D eigenvalue weighted by molar-refractivity contribution is 7.80. The summed E-state index contributed by atoms with van der Waals surface area (Å²) in [5, 5.41) is 5.91. The van der Waals surface area contributed by atoms with Crippen LogP contribution in [0.3, 0.4) is 0 Å². The van der Waals surface area contributed by atoms with Crippen LogP contribution in [0.2, 0.25) is 0 Å². The highest BCUT2D eigenvalue weighted by atomic mass is 32.1. The number of nitrogens with one attached hydrogen (secondary N) is 2. The van der Waals surface area contributed by atoms with Crippen molar-refractivity contribution in [3.8, 4) is 0 Å². The van der Waals surface area contributed by atoms with Crippen molar-refractivity contribution in [3.05, 3.63) is 0 Å². The van der Waals surface area contributed by atoms with Gasteiger partial charge in [0.15, 0.2) is 5.11 Å². The predicted molar refractivity (Wildman–Crippen MR) is 49.6 cm³/mol. The molecule has 6 heteroatoms. The van der Waals surface area contributed by atoms with E-state index in [0.29, 0.717) is 18.1 Å². The lowest BCUT2D eigenvalue weighted by molar-refractivity contribution is -0.135. The van der Waals surface area contributed by atoms with E-state index in [1.165, 1.54) is 0 Å². The molecule has 2 N–H and O–H groups in total. The molecule has 13 heavy (non-hydrogen) atoms. The predicted octanol–water partition coefficient (Wildman–Crippen LogP) is 1.81. The lowest BCUT2D eigenvalue weighted by atomic mass is 10.2. The molecule has 0 bridgehead atoms. The lowest BCUT2D eigenvalue weighted by Crippen LogP contribution is -2.33. The van der Waals surface area contributed by atoms with Gasteiger partial charge in [-0.1, -0.05) is 0 Å². The third-order valence-corrected chi connectivity index (χ3v) is 1.75. The molecule has 0 radical (unpaired) electrons. The van der Waals surface area contributed by atoms with Crippen molar-refractivity contribution < 1.29 is 13.2 Å². The fourth-order valence-electron chi connectivity index (χ4n) is 0.741. The number of unbranched alkanes of at least 4 members (excludes halogenated alkanes) is 1. The smallest absolute Gasteiger partial charge is 0.366 e. The maximum atomic E-state index is 11.6. The highest BCUT2D eigenvalue weighted by Crippen LogP contribution is 2.21. The van der Waals surface area contributed by atoms with Crippen LogP contribution >= 0.6 is 12.2 Å². The molecule has 0 amide bonds. The second kappa shape index (κ2) is 6.01. The van der Waals surface area contributed by atoms with Crippen LogP contribution in [0.25, 0.3) is 0 Å². The fourth-order valence-corrected chi connectivity index (χ4v) is 0.843. The molecule has 0 saturated heterocycles. The van der Waals surface area contributed by atoms with Crippen molar-refractivity contribution in [3.63, 3.8) is 0 Å². The zero-order chi connectivity index (χ0) is 10.3. The summed E-state index contributed by atoms with van der Waals surface area (Å²) in [6.45, 7) is 0.482. The van der Waals surface area contributed by atoms with Gasteiger partial charge >= 0.3 is 6.18 Å². The first-order chi connectivity index (χ1) is 5.95. The molecule has 0 aromatic rings. The normalized spacial score (nSPS) is 11.1. The Bertz CT molecular complexity index is 158. The van der Waals surface area contributed by atoms with Crippen molar-refractivity contribution >= 4 is 17.3 Å². The average molecular weight is 214 g/mol. The Kier molecular flexibility index (Phi) is 5.77. The summed E-state index contributed by atoms with van der Waals surface area (Å²) < 4.78 is 34.9. The lowest BCUT2D eigenvalue weighted by Gasteiger charge is -2.07. The number of thiocarbonyl (C=S) groups is 1. The van der Waals surface area contributed by atoms with E-state index in [-0.39, 0.29) is 6.42 Å².